The highest BCUT2D eigenvalue weighted by Crippen LogP contribution is 2.47. The normalized spacial score (nSPS) is 24.0. The standard InChI is InChI=1S/C28H34N4O3S/c1-34-28(33)25-23(20-7-3-2-4-8-20)24-26(29-18-30-27(24)36-25)32-21-9-10-22(32)16-19(15-21)17-35-14-13-31-11-5-6-12-31/h2-4,7-8,18-19,21-22H,5-6,9-17H2,1H3. The number of nitrogens with zero attached hydrogens (tertiary/aromatic N) is 4. The lowest BCUT2D eigenvalue weighted by Gasteiger charge is -2.40. The fraction of sp³-hybridized carbons (Fsp3) is 0.536. The number of hydrogen-bond acceptors (Lipinski definition) is 8. The summed E-state index contributed by atoms with van der Waals surface area (Å²) in [5.74, 6) is 1.23. The molecule has 7 nitrogen and oxygen atoms in total. The lowest BCUT2D eigenvalue weighted by Crippen LogP contribution is -2.44. The van der Waals surface area contributed by atoms with E-state index in [2.05, 4.69) is 14.8 Å². The predicted molar refractivity (Wildman–Crippen MR) is 143 cm³/mol. The number of fused-ring (bicyclic) bond motifs is 3. The van der Waals surface area contributed by atoms with Crippen molar-refractivity contribution in [3.63, 3.8) is 0 Å². The summed E-state index contributed by atoms with van der Waals surface area (Å²) in [4.78, 5) is 28.7. The Bertz CT molecular complexity index is 1200. The average molecular weight is 507 g/mol. The number of likely N-dealkylation sites (tertiary alicyclic amines) is 1. The van der Waals surface area contributed by atoms with E-state index in [4.69, 9.17) is 14.5 Å². The molecule has 0 amide bonds. The highest BCUT2D eigenvalue weighted by atomic mass is 32.1. The van der Waals surface area contributed by atoms with Gasteiger partial charge in [-0.15, -0.1) is 11.3 Å². The Morgan fingerprint density at radius 2 is 1.83 bits per heavy atom. The highest BCUT2D eigenvalue weighted by Gasteiger charge is 2.42. The zero-order valence-electron chi connectivity index (χ0n) is 20.9. The molecule has 1 aromatic carbocycles. The highest BCUT2D eigenvalue weighted by molar-refractivity contribution is 7.21. The molecule has 2 aromatic heterocycles. The SMILES string of the molecule is COC(=O)c1sc2ncnc(N3C4CCC3CC(COCCN3CCCC3)C4)c2c1-c1ccccc1. The van der Waals surface area contributed by atoms with Crippen LogP contribution in [0.1, 0.15) is 48.2 Å². The Morgan fingerprint density at radius 3 is 2.56 bits per heavy atom. The van der Waals surface area contributed by atoms with Crippen LogP contribution in [0.4, 0.5) is 5.82 Å². The van der Waals surface area contributed by atoms with E-state index in [-0.39, 0.29) is 5.97 Å². The summed E-state index contributed by atoms with van der Waals surface area (Å²) in [7, 11) is 1.44. The predicted octanol–water partition coefficient (Wildman–Crippen LogP) is 5.00. The minimum absolute atomic E-state index is 0.324. The van der Waals surface area contributed by atoms with Crippen LogP contribution in [0.25, 0.3) is 21.3 Å². The molecule has 0 spiro atoms. The molecule has 3 fully saturated rings. The number of carbonyl (C=O) groups excluding carboxylic acids is 1. The van der Waals surface area contributed by atoms with Crippen LogP contribution in [0.2, 0.25) is 0 Å². The van der Waals surface area contributed by atoms with Gasteiger partial charge in [0.1, 0.15) is 21.9 Å². The van der Waals surface area contributed by atoms with Gasteiger partial charge in [0.05, 0.1) is 19.1 Å². The van der Waals surface area contributed by atoms with Crippen molar-refractivity contribution in [1.82, 2.24) is 14.9 Å². The topological polar surface area (TPSA) is 67.8 Å². The number of carbonyl (C=O) groups is 1. The smallest absolute Gasteiger partial charge is 0.348 e. The van der Waals surface area contributed by atoms with Crippen molar-refractivity contribution in [3.8, 4) is 11.1 Å². The van der Waals surface area contributed by atoms with E-state index in [0.717, 1.165) is 59.8 Å². The van der Waals surface area contributed by atoms with Crippen molar-refractivity contribution in [2.24, 2.45) is 5.92 Å². The molecule has 190 valence electrons. The van der Waals surface area contributed by atoms with Gasteiger partial charge in [-0.05, 0) is 63.1 Å². The molecule has 2 unspecified atom stereocenters. The van der Waals surface area contributed by atoms with Crippen LogP contribution in [0.3, 0.4) is 0 Å². The summed E-state index contributed by atoms with van der Waals surface area (Å²) >= 11 is 1.40. The third-order valence-electron chi connectivity index (χ3n) is 8.08. The van der Waals surface area contributed by atoms with Crippen LogP contribution < -0.4 is 4.90 Å². The van der Waals surface area contributed by atoms with Crippen LogP contribution in [0, 0.1) is 5.92 Å². The molecule has 3 aliphatic rings. The van der Waals surface area contributed by atoms with E-state index in [0.29, 0.717) is 22.9 Å². The van der Waals surface area contributed by atoms with Gasteiger partial charge >= 0.3 is 5.97 Å². The van der Waals surface area contributed by atoms with Gasteiger partial charge < -0.3 is 19.3 Å². The lowest BCUT2D eigenvalue weighted by molar-refractivity contribution is 0.0607. The van der Waals surface area contributed by atoms with Crippen molar-refractivity contribution < 1.29 is 14.3 Å². The number of anilines is 1. The van der Waals surface area contributed by atoms with Crippen LogP contribution in [0.15, 0.2) is 36.7 Å². The number of aromatic nitrogens is 2. The minimum atomic E-state index is -0.324. The first-order chi connectivity index (χ1) is 17.7. The van der Waals surface area contributed by atoms with Gasteiger partial charge in [0.2, 0.25) is 0 Å². The number of hydrogen-bond donors (Lipinski definition) is 0. The van der Waals surface area contributed by atoms with Gasteiger partial charge in [0, 0.05) is 30.8 Å². The zero-order valence-corrected chi connectivity index (χ0v) is 21.7. The Kier molecular flexibility index (Phi) is 6.91. The Morgan fingerprint density at radius 1 is 1.08 bits per heavy atom. The minimum Gasteiger partial charge on any atom is -0.465 e. The van der Waals surface area contributed by atoms with E-state index < -0.39 is 0 Å². The van der Waals surface area contributed by atoms with E-state index >= 15 is 0 Å². The summed E-state index contributed by atoms with van der Waals surface area (Å²) in [6, 6.07) is 11.0. The zero-order chi connectivity index (χ0) is 24.5. The molecule has 3 aliphatic heterocycles. The molecule has 0 N–H and O–H groups in total. The molecular formula is C28H34N4O3S. The van der Waals surface area contributed by atoms with Crippen molar-refractivity contribution in [2.45, 2.75) is 50.6 Å². The summed E-state index contributed by atoms with van der Waals surface area (Å²) < 4.78 is 11.3. The number of rotatable bonds is 8. The molecule has 0 saturated carbocycles. The first kappa shape index (κ1) is 23.8. The first-order valence-electron chi connectivity index (χ1n) is 13.2. The quantitative estimate of drug-likeness (QED) is 0.314. The molecule has 5 heterocycles. The van der Waals surface area contributed by atoms with Crippen molar-refractivity contribution >= 4 is 33.3 Å². The lowest BCUT2D eigenvalue weighted by atomic mass is 9.91. The largest absolute Gasteiger partial charge is 0.465 e. The molecule has 3 aromatic rings. The van der Waals surface area contributed by atoms with Gasteiger partial charge in [-0.3, -0.25) is 0 Å². The van der Waals surface area contributed by atoms with Crippen LogP contribution >= 0.6 is 11.3 Å². The summed E-state index contributed by atoms with van der Waals surface area (Å²) in [6.45, 7) is 5.21. The van der Waals surface area contributed by atoms with Crippen LogP contribution in [0.5, 0.6) is 0 Å². The second kappa shape index (κ2) is 10.4. The van der Waals surface area contributed by atoms with E-state index in [1.165, 1.54) is 57.2 Å². The Hall–Kier alpha value is -2.55. The maximum absolute atomic E-state index is 12.8. The molecule has 6 rings (SSSR count). The van der Waals surface area contributed by atoms with Crippen molar-refractivity contribution in [3.05, 3.63) is 41.5 Å². The van der Waals surface area contributed by atoms with Gasteiger partial charge in [-0.2, -0.15) is 0 Å². The molecule has 2 bridgehead atoms. The number of piperidine rings is 1. The summed E-state index contributed by atoms with van der Waals surface area (Å²) in [5.41, 5.74) is 1.89. The second-order valence-corrected chi connectivity index (χ2v) is 11.3. The maximum atomic E-state index is 12.8. The van der Waals surface area contributed by atoms with Gasteiger partial charge in [-0.1, -0.05) is 30.3 Å². The maximum Gasteiger partial charge on any atom is 0.348 e. The third-order valence-corrected chi connectivity index (χ3v) is 9.16. The van der Waals surface area contributed by atoms with Gasteiger partial charge in [0.15, 0.2) is 0 Å². The summed E-state index contributed by atoms with van der Waals surface area (Å²) in [6.07, 6.45) is 8.91. The molecule has 36 heavy (non-hydrogen) atoms. The van der Waals surface area contributed by atoms with E-state index in [1.807, 2.05) is 30.3 Å². The number of thiophene rings is 1. The van der Waals surface area contributed by atoms with Crippen molar-refractivity contribution in [1.29, 1.82) is 0 Å². The number of benzene rings is 1. The number of ether oxygens (including phenoxy) is 2. The van der Waals surface area contributed by atoms with E-state index in [9.17, 15) is 4.79 Å². The fourth-order valence-electron chi connectivity index (χ4n) is 6.45. The van der Waals surface area contributed by atoms with Crippen LogP contribution in [-0.4, -0.2) is 72.9 Å². The summed E-state index contributed by atoms with van der Waals surface area (Å²) in [5, 5.41) is 0.978. The van der Waals surface area contributed by atoms with Crippen molar-refractivity contribution in [2.75, 3.05) is 44.9 Å². The monoisotopic (exact) mass is 506 g/mol. The Labute approximate surface area is 216 Å². The average Bonchev–Trinajstić information content (AvgIpc) is 3.63. The molecule has 8 heteroatoms. The molecular weight excluding hydrogens is 472 g/mol. The molecule has 3 saturated heterocycles. The number of methoxy groups -OCH3 is 1. The second-order valence-electron chi connectivity index (χ2n) is 10.3. The van der Waals surface area contributed by atoms with E-state index in [1.54, 1.807) is 6.33 Å². The third kappa shape index (κ3) is 4.51. The van der Waals surface area contributed by atoms with Gasteiger partial charge in [-0.25, -0.2) is 14.8 Å². The van der Waals surface area contributed by atoms with Crippen LogP contribution in [-0.2, 0) is 9.47 Å². The Balaban J connectivity index is 1.25. The molecule has 0 radical (unpaired) electrons. The molecule has 0 aliphatic carbocycles. The molecule has 2 atom stereocenters. The fourth-order valence-corrected chi connectivity index (χ4v) is 7.53. The first-order valence-corrected chi connectivity index (χ1v) is 14.0. The number of esters is 1. The van der Waals surface area contributed by atoms with Gasteiger partial charge in [0.25, 0.3) is 0 Å².